The van der Waals surface area contributed by atoms with Crippen LogP contribution in [0.3, 0.4) is 0 Å². The molecule has 1 aliphatic heterocycles. The normalized spacial score (nSPS) is 15.0. The third-order valence-electron chi connectivity index (χ3n) is 2.10. The van der Waals surface area contributed by atoms with Gasteiger partial charge in [-0.05, 0) is 12.1 Å². The molecule has 1 aromatic carbocycles. The molecule has 0 atom stereocenters. The summed E-state index contributed by atoms with van der Waals surface area (Å²) in [5, 5.41) is 9.02. The van der Waals surface area contributed by atoms with E-state index >= 15 is 0 Å². The van der Waals surface area contributed by atoms with Crippen molar-refractivity contribution in [3.63, 3.8) is 0 Å². The SMILES string of the molecule is OCc1ccc(F)c2c1OCCCO2. The van der Waals surface area contributed by atoms with Crippen LogP contribution in [-0.4, -0.2) is 18.3 Å². The molecule has 0 spiro atoms. The van der Waals surface area contributed by atoms with Crippen LogP contribution in [0.25, 0.3) is 0 Å². The second-order valence-electron chi connectivity index (χ2n) is 3.07. The van der Waals surface area contributed by atoms with E-state index in [9.17, 15) is 4.39 Å². The average Bonchev–Trinajstić information content (AvgIpc) is 2.44. The number of aliphatic hydroxyl groups excluding tert-OH is 1. The summed E-state index contributed by atoms with van der Waals surface area (Å²) in [6.07, 6.45) is 0.721. The maximum absolute atomic E-state index is 13.3. The van der Waals surface area contributed by atoms with Crippen LogP contribution >= 0.6 is 0 Å². The maximum Gasteiger partial charge on any atom is 0.197 e. The second-order valence-corrected chi connectivity index (χ2v) is 3.07. The van der Waals surface area contributed by atoms with Gasteiger partial charge in [-0.3, -0.25) is 0 Å². The fourth-order valence-corrected chi connectivity index (χ4v) is 1.40. The summed E-state index contributed by atoms with van der Waals surface area (Å²) in [6.45, 7) is 0.758. The molecule has 1 aromatic rings. The quantitative estimate of drug-likeness (QED) is 0.742. The van der Waals surface area contributed by atoms with E-state index in [4.69, 9.17) is 14.6 Å². The average molecular weight is 198 g/mol. The lowest BCUT2D eigenvalue weighted by Crippen LogP contribution is -1.98. The van der Waals surface area contributed by atoms with Crippen molar-refractivity contribution in [1.82, 2.24) is 0 Å². The molecule has 14 heavy (non-hydrogen) atoms. The Morgan fingerprint density at radius 1 is 1.21 bits per heavy atom. The third-order valence-corrected chi connectivity index (χ3v) is 2.10. The molecule has 0 bridgehead atoms. The van der Waals surface area contributed by atoms with Gasteiger partial charge in [0.25, 0.3) is 0 Å². The summed E-state index contributed by atoms with van der Waals surface area (Å²) in [5.74, 6) is 0.0122. The van der Waals surface area contributed by atoms with Crippen LogP contribution in [-0.2, 0) is 6.61 Å². The van der Waals surface area contributed by atoms with E-state index in [-0.39, 0.29) is 12.4 Å². The zero-order valence-electron chi connectivity index (χ0n) is 7.62. The molecule has 1 heterocycles. The molecule has 0 aliphatic carbocycles. The Bertz CT molecular complexity index is 338. The van der Waals surface area contributed by atoms with Gasteiger partial charge in [-0.2, -0.15) is 0 Å². The third kappa shape index (κ3) is 1.53. The first-order valence-corrected chi connectivity index (χ1v) is 4.51. The van der Waals surface area contributed by atoms with Crippen molar-refractivity contribution in [2.24, 2.45) is 0 Å². The lowest BCUT2D eigenvalue weighted by Gasteiger charge is -2.11. The molecule has 4 heteroatoms. The Kier molecular flexibility index (Phi) is 2.54. The molecule has 0 saturated heterocycles. The lowest BCUT2D eigenvalue weighted by atomic mass is 10.2. The highest BCUT2D eigenvalue weighted by atomic mass is 19.1. The minimum Gasteiger partial charge on any atom is -0.489 e. The molecule has 0 fully saturated rings. The minimum atomic E-state index is -0.445. The van der Waals surface area contributed by atoms with Gasteiger partial charge in [0.2, 0.25) is 0 Å². The number of benzene rings is 1. The van der Waals surface area contributed by atoms with Crippen LogP contribution in [0.5, 0.6) is 11.5 Å². The van der Waals surface area contributed by atoms with Crippen molar-refractivity contribution in [2.75, 3.05) is 13.2 Å². The summed E-state index contributed by atoms with van der Waals surface area (Å²) < 4.78 is 23.8. The fourth-order valence-electron chi connectivity index (χ4n) is 1.40. The van der Waals surface area contributed by atoms with Crippen LogP contribution in [0.4, 0.5) is 4.39 Å². The van der Waals surface area contributed by atoms with Crippen molar-refractivity contribution < 1.29 is 19.0 Å². The molecule has 1 aliphatic rings. The van der Waals surface area contributed by atoms with Gasteiger partial charge < -0.3 is 14.6 Å². The summed E-state index contributed by atoms with van der Waals surface area (Å²) in [4.78, 5) is 0. The second kappa shape index (κ2) is 3.84. The molecule has 1 N–H and O–H groups in total. The van der Waals surface area contributed by atoms with Crippen LogP contribution in [0.15, 0.2) is 12.1 Å². The van der Waals surface area contributed by atoms with Crippen LogP contribution < -0.4 is 9.47 Å². The first-order chi connectivity index (χ1) is 6.83. The van der Waals surface area contributed by atoms with E-state index in [2.05, 4.69) is 0 Å². The van der Waals surface area contributed by atoms with E-state index in [1.807, 2.05) is 0 Å². The smallest absolute Gasteiger partial charge is 0.197 e. The van der Waals surface area contributed by atoms with Crippen LogP contribution in [0.2, 0.25) is 0 Å². The number of rotatable bonds is 1. The highest BCUT2D eigenvalue weighted by Crippen LogP contribution is 2.35. The number of hydrogen-bond acceptors (Lipinski definition) is 3. The highest BCUT2D eigenvalue weighted by Gasteiger charge is 2.18. The molecule has 0 aromatic heterocycles. The van der Waals surface area contributed by atoms with Gasteiger partial charge in [-0.25, -0.2) is 4.39 Å². The number of fused-ring (bicyclic) bond motifs is 1. The van der Waals surface area contributed by atoms with E-state index in [0.717, 1.165) is 6.42 Å². The summed E-state index contributed by atoms with van der Waals surface area (Å²) in [5.41, 5.74) is 0.559. The molecular weight excluding hydrogens is 187 g/mol. The van der Waals surface area contributed by atoms with Crippen molar-refractivity contribution in [2.45, 2.75) is 13.0 Å². The van der Waals surface area contributed by atoms with Gasteiger partial charge in [-0.1, -0.05) is 0 Å². The first-order valence-electron chi connectivity index (χ1n) is 4.51. The Balaban J connectivity index is 2.49. The van der Waals surface area contributed by atoms with Gasteiger partial charge >= 0.3 is 0 Å². The number of aliphatic hydroxyl groups is 1. The Morgan fingerprint density at radius 3 is 2.64 bits per heavy atom. The van der Waals surface area contributed by atoms with Gasteiger partial charge in [0.15, 0.2) is 17.3 Å². The van der Waals surface area contributed by atoms with Crippen molar-refractivity contribution in [1.29, 1.82) is 0 Å². The van der Waals surface area contributed by atoms with Gasteiger partial charge in [-0.15, -0.1) is 0 Å². The van der Waals surface area contributed by atoms with Crippen LogP contribution in [0, 0.1) is 5.82 Å². The predicted molar refractivity (Wildman–Crippen MR) is 47.9 cm³/mol. The van der Waals surface area contributed by atoms with Crippen molar-refractivity contribution >= 4 is 0 Å². The standard InChI is InChI=1S/C10H11FO3/c11-8-3-2-7(6-12)9-10(8)14-5-1-4-13-9/h2-3,12H,1,4-6H2. The zero-order valence-corrected chi connectivity index (χ0v) is 7.62. The van der Waals surface area contributed by atoms with Crippen LogP contribution in [0.1, 0.15) is 12.0 Å². The van der Waals surface area contributed by atoms with Crippen molar-refractivity contribution in [3.8, 4) is 11.5 Å². The highest BCUT2D eigenvalue weighted by molar-refractivity contribution is 5.47. The van der Waals surface area contributed by atoms with E-state index < -0.39 is 5.82 Å². The topological polar surface area (TPSA) is 38.7 Å². The Morgan fingerprint density at radius 2 is 1.93 bits per heavy atom. The van der Waals surface area contributed by atoms with Crippen molar-refractivity contribution in [3.05, 3.63) is 23.5 Å². The number of hydrogen-bond donors (Lipinski definition) is 1. The fraction of sp³-hybridized carbons (Fsp3) is 0.400. The minimum absolute atomic E-state index is 0.119. The van der Waals surface area contributed by atoms with Gasteiger partial charge in [0, 0.05) is 12.0 Å². The van der Waals surface area contributed by atoms with E-state index in [0.29, 0.717) is 24.5 Å². The number of halogens is 1. The van der Waals surface area contributed by atoms with Gasteiger partial charge in [0.1, 0.15) is 0 Å². The molecule has 2 rings (SSSR count). The van der Waals surface area contributed by atoms with E-state index in [1.165, 1.54) is 12.1 Å². The monoisotopic (exact) mass is 198 g/mol. The largest absolute Gasteiger partial charge is 0.489 e. The number of ether oxygens (including phenoxy) is 2. The Hall–Kier alpha value is -1.29. The summed E-state index contributed by atoms with van der Waals surface area (Å²) >= 11 is 0. The molecule has 76 valence electrons. The van der Waals surface area contributed by atoms with Gasteiger partial charge in [0.05, 0.1) is 19.8 Å². The first kappa shape index (κ1) is 9.27. The maximum atomic E-state index is 13.3. The molecule has 0 amide bonds. The molecule has 0 saturated carbocycles. The molecule has 3 nitrogen and oxygen atoms in total. The van der Waals surface area contributed by atoms with E-state index in [1.54, 1.807) is 0 Å². The zero-order chi connectivity index (χ0) is 9.97. The summed E-state index contributed by atoms with van der Waals surface area (Å²) in [6, 6.07) is 2.78. The molecule has 0 unspecified atom stereocenters. The summed E-state index contributed by atoms with van der Waals surface area (Å²) in [7, 11) is 0. The lowest BCUT2D eigenvalue weighted by molar-refractivity contribution is 0.264. The molecular formula is C10H11FO3. The molecule has 0 radical (unpaired) electrons. The predicted octanol–water partition coefficient (Wildman–Crippen LogP) is 1.48. The Labute approximate surface area is 81.1 Å².